The summed E-state index contributed by atoms with van der Waals surface area (Å²) in [5, 5.41) is 0. The van der Waals surface area contributed by atoms with Crippen molar-refractivity contribution in [2.75, 3.05) is 0 Å². The van der Waals surface area contributed by atoms with Crippen LogP contribution in [-0.2, 0) is 16.6 Å². The number of nitrogens with two attached hydrogens (primary N) is 1. The number of rotatable bonds is 4. The number of benzene rings is 1. The van der Waals surface area contributed by atoms with Gasteiger partial charge in [0.25, 0.3) is 0 Å². The molecule has 6 heteroatoms. The first-order valence-electron chi connectivity index (χ1n) is 6.89. The van der Waals surface area contributed by atoms with E-state index < -0.39 is 21.4 Å². The fourth-order valence-electron chi connectivity index (χ4n) is 2.80. The van der Waals surface area contributed by atoms with Crippen LogP contribution in [0.3, 0.4) is 0 Å². The van der Waals surface area contributed by atoms with Gasteiger partial charge >= 0.3 is 0 Å². The van der Waals surface area contributed by atoms with Crippen molar-refractivity contribution in [2.45, 2.75) is 56.0 Å². The molecule has 0 aromatic heterocycles. The molecule has 112 valence electrons. The molecule has 4 nitrogen and oxygen atoms in total. The van der Waals surface area contributed by atoms with Crippen molar-refractivity contribution in [3.8, 4) is 0 Å². The second-order valence-electron chi connectivity index (χ2n) is 5.65. The minimum Gasteiger partial charge on any atom is -0.326 e. The predicted molar refractivity (Wildman–Crippen MR) is 76.1 cm³/mol. The molecule has 20 heavy (non-hydrogen) atoms. The van der Waals surface area contributed by atoms with E-state index in [2.05, 4.69) is 4.72 Å². The third-order valence-corrected chi connectivity index (χ3v) is 5.63. The Morgan fingerprint density at radius 3 is 2.55 bits per heavy atom. The lowest BCUT2D eigenvalue weighted by Gasteiger charge is -2.34. The maximum atomic E-state index is 13.7. The van der Waals surface area contributed by atoms with Gasteiger partial charge in [0, 0.05) is 17.6 Å². The highest BCUT2D eigenvalue weighted by Crippen LogP contribution is 2.30. The molecular weight excluding hydrogens is 279 g/mol. The van der Waals surface area contributed by atoms with Crippen LogP contribution in [0.2, 0.25) is 0 Å². The molecule has 0 bridgehead atoms. The van der Waals surface area contributed by atoms with Crippen molar-refractivity contribution in [3.63, 3.8) is 0 Å². The molecule has 0 aliphatic heterocycles. The first kappa shape index (κ1) is 15.4. The van der Waals surface area contributed by atoms with E-state index in [4.69, 9.17) is 5.73 Å². The summed E-state index contributed by atoms with van der Waals surface area (Å²) in [7, 11) is -3.75. The second-order valence-corrected chi connectivity index (χ2v) is 7.30. The number of nitrogens with one attached hydrogen (secondary N) is 1. The SMILES string of the molecule is CC1(NS(=O)(=O)c2cccc(F)c2CN)CCCCC1. The number of sulfonamides is 1. The van der Waals surface area contributed by atoms with Gasteiger partial charge in [0.2, 0.25) is 10.0 Å². The van der Waals surface area contributed by atoms with Gasteiger partial charge in [-0.15, -0.1) is 0 Å². The van der Waals surface area contributed by atoms with Crippen LogP contribution in [0.15, 0.2) is 23.1 Å². The highest BCUT2D eigenvalue weighted by molar-refractivity contribution is 7.89. The monoisotopic (exact) mass is 300 g/mol. The molecule has 1 aliphatic rings. The first-order chi connectivity index (χ1) is 9.38. The van der Waals surface area contributed by atoms with E-state index in [1.165, 1.54) is 18.2 Å². The maximum absolute atomic E-state index is 13.7. The molecule has 0 unspecified atom stereocenters. The summed E-state index contributed by atoms with van der Waals surface area (Å²) in [6.07, 6.45) is 4.75. The Kier molecular flexibility index (Phi) is 4.46. The van der Waals surface area contributed by atoms with Gasteiger partial charge in [-0.1, -0.05) is 25.3 Å². The van der Waals surface area contributed by atoms with Crippen LogP contribution in [0, 0.1) is 5.82 Å². The Bertz CT molecular complexity index is 581. The molecule has 1 saturated carbocycles. The summed E-state index contributed by atoms with van der Waals surface area (Å²) in [4.78, 5) is -0.0493. The molecule has 1 aromatic rings. The Balaban J connectivity index is 2.33. The third-order valence-electron chi connectivity index (χ3n) is 3.91. The zero-order valence-electron chi connectivity index (χ0n) is 11.7. The predicted octanol–water partition coefficient (Wildman–Crippen LogP) is 2.29. The molecule has 0 amide bonds. The minimum absolute atomic E-state index is 0.0411. The van der Waals surface area contributed by atoms with Gasteiger partial charge in [0.1, 0.15) is 5.82 Å². The molecule has 0 spiro atoms. The van der Waals surface area contributed by atoms with E-state index in [0.29, 0.717) is 0 Å². The van der Waals surface area contributed by atoms with Crippen molar-refractivity contribution in [2.24, 2.45) is 5.73 Å². The third kappa shape index (κ3) is 3.19. The molecule has 0 atom stereocenters. The molecule has 1 fully saturated rings. The molecule has 1 aromatic carbocycles. The topological polar surface area (TPSA) is 72.2 Å². The number of hydrogen-bond donors (Lipinski definition) is 2. The standard InChI is InChI=1S/C14H21FN2O2S/c1-14(8-3-2-4-9-14)17-20(18,19)13-7-5-6-12(15)11(13)10-16/h5-7,17H,2-4,8-10,16H2,1H3. The fraction of sp³-hybridized carbons (Fsp3) is 0.571. The number of hydrogen-bond acceptors (Lipinski definition) is 3. The zero-order valence-corrected chi connectivity index (χ0v) is 12.5. The summed E-state index contributed by atoms with van der Waals surface area (Å²) in [5.74, 6) is -0.579. The zero-order chi connectivity index (χ0) is 14.8. The molecule has 2 rings (SSSR count). The Morgan fingerprint density at radius 2 is 1.95 bits per heavy atom. The highest BCUT2D eigenvalue weighted by atomic mass is 32.2. The molecular formula is C14H21FN2O2S. The average molecular weight is 300 g/mol. The van der Waals surface area contributed by atoms with Crippen molar-refractivity contribution in [3.05, 3.63) is 29.6 Å². The lowest BCUT2D eigenvalue weighted by molar-refractivity contribution is 0.294. The first-order valence-corrected chi connectivity index (χ1v) is 8.38. The molecule has 3 N–H and O–H groups in total. The van der Waals surface area contributed by atoms with Gasteiger partial charge in [0.15, 0.2) is 0 Å². The Hall–Kier alpha value is -0.980. The van der Waals surface area contributed by atoms with Gasteiger partial charge in [-0.2, -0.15) is 0 Å². The van der Waals surface area contributed by atoms with Crippen LogP contribution in [0.25, 0.3) is 0 Å². The molecule has 1 aliphatic carbocycles. The summed E-state index contributed by atoms with van der Waals surface area (Å²) < 4.78 is 41.4. The van der Waals surface area contributed by atoms with Crippen LogP contribution in [0.1, 0.15) is 44.6 Å². The molecule has 0 radical (unpaired) electrons. The quantitative estimate of drug-likeness (QED) is 0.896. The van der Waals surface area contributed by atoms with Crippen molar-refractivity contribution < 1.29 is 12.8 Å². The van der Waals surface area contributed by atoms with E-state index in [0.717, 1.165) is 32.1 Å². The van der Waals surface area contributed by atoms with Gasteiger partial charge in [0.05, 0.1) is 4.90 Å². The lowest BCUT2D eigenvalue weighted by Crippen LogP contribution is -2.47. The van der Waals surface area contributed by atoms with E-state index >= 15 is 0 Å². The molecule has 0 saturated heterocycles. The van der Waals surface area contributed by atoms with E-state index in [-0.39, 0.29) is 17.0 Å². The van der Waals surface area contributed by atoms with Crippen LogP contribution in [0.5, 0.6) is 0 Å². The van der Waals surface area contributed by atoms with Crippen molar-refractivity contribution >= 4 is 10.0 Å². The van der Waals surface area contributed by atoms with Crippen LogP contribution < -0.4 is 10.5 Å². The highest BCUT2D eigenvalue weighted by Gasteiger charge is 2.33. The van der Waals surface area contributed by atoms with E-state index in [1.54, 1.807) is 0 Å². The summed E-state index contributed by atoms with van der Waals surface area (Å²) in [5.41, 5.74) is 5.07. The Morgan fingerprint density at radius 1 is 1.30 bits per heavy atom. The van der Waals surface area contributed by atoms with Gasteiger partial charge in [-0.25, -0.2) is 17.5 Å². The largest absolute Gasteiger partial charge is 0.326 e. The smallest absolute Gasteiger partial charge is 0.241 e. The van der Waals surface area contributed by atoms with Crippen LogP contribution in [0.4, 0.5) is 4.39 Å². The van der Waals surface area contributed by atoms with Gasteiger partial charge in [-0.3, -0.25) is 0 Å². The Labute approximate surface area is 119 Å². The van der Waals surface area contributed by atoms with Crippen LogP contribution >= 0.6 is 0 Å². The van der Waals surface area contributed by atoms with Crippen molar-refractivity contribution in [1.29, 1.82) is 0 Å². The van der Waals surface area contributed by atoms with Gasteiger partial charge in [-0.05, 0) is 31.9 Å². The average Bonchev–Trinajstić information content (AvgIpc) is 2.38. The van der Waals surface area contributed by atoms with Gasteiger partial charge < -0.3 is 5.73 Å². The lowest BCUT2D eigenvalue weighted by atomic mass is 9.84. The summed E-state index contributed by atoms with van der Waals surface area (Å²) in [6.45, 7) is 1.77. The maximum Gasteiger partial charge on any atom is 0.241 e. The van der Waals surface area contributed by atoms with Crippen LogP contribution in [-0.4, -0.2) is 14.0 Å². The second kappa shape index (κ2) is 5.79. The summed E-state index contributed by atoms with van der Waals surface area (Å²) >= 11 is 0. The summed E-state index contributed by atoms with van der Waals surface area (Å²) in [6, 6.07) is 4.02. The minimum atomic E-state index is -3.75. The van der Waals surface area contributed by atoms with E-state index in [9.17, 15) is 12.8 Å². The molecule has 0 heterocycles. The normalized spacial score (nSPS) is 18.9. The fourth-order valence-corrected chi connectivity index (χ4v) is 4.53. The van der Waals surface area contributed by atoms with Crippen molar-refractivity contribution in [1.82, 2.24) is 4.72 Å². The number of halogens is 1. The van der Waals surface area contributed by atoms with E-state index in [1.807, 2.05) is 6.92 Å².